The lowest BCUT2D eigenvalue weighted by molar-refractivity contribution is 0.175. The third kappa shape index (κ3) is 1.73. The number of halogens is 1. The van der Waals surface area contributed by atoms with Crippen molar-refractivity contribution in [3.63, 3.8) is 0 Å². The molecule has 2 saturated heterocycles. The average Bonchev–Trinajstić information content (AvgIpc) is 2.99. The number of benzene rings is 1. The fraction of sp³-hybridized carbons (Fsp3) is 0.533. The highest BCUT2D eigenvalue weighted by Crippen LogP contribution is 2.38. The maximum Gasteiger partial charge on any atom is 0.201 e. The Morgan fingerprint density at radius 1 is 1.15 bits per heavy atom. The van der Waals surface area contributed by atoms with Crippen molar-refractivity contribution < 1.29 is 4.39 Å². The van der Waals surface area contributed by atoms with Crippen LogP contribution < -0.4 is 5.73 Å². The van der Waals surface area contributed by atoms with Gasteiger partial charge in [0.05, 0.1) is 17.1 Å². The first-order chi connectivity index (χ1) is 9.74. The Bertz CT molecular complexity index is 651. The summed E-state index contributed by atoms with van der Waals surface area (Å²) in [6.07, 6.45) is 4.85. The predicted octanol–water partition coefficient (Wildman–Crippen LogP) is 2.56. The van der Waals surface area contributed by atoms with E-state index in [1.807, 2.05) is 0 Å². The highest BCUT2D eigenvalue weighted by Gasteiger charge is 2.37. The summed E-state index contributed by atoms with van der Waals surface area (Å²) < 4.78 is 15.6. The van der Waals surface area contributed by atoms with Crippen LogP contribution in [0.15, 0.2) is 18.2 Å². The van der Waals surface area contributed by atoms with Gasteiger partial charge in [0.15, 0.2) is 0 Å². The number of nitrogens with two attached hydrogens (primary N) is 1. The SMILES string of the molecule is Nc1nc2ccc(F)cc2n1C1CCN2CCCCC12. The van der Waals surface area contributed by atoms with Crippen LogP contribution in [0.2, 0.25) is 0 Å². The van der Waals surface area contributed by atoms with Crippen molar-refractivity contribution in [2.75, 3.05) is 18.8 Å². The van der Waals surface area contributed by atoms with Crippen LogP contribution >= 0.6 is 0 Å². The molecular weight excluding hydrogens is 255 g/mol. The Morgan fingerprint density at radius 3 is 2.95 bits per heavy atom. The molecule has 0 bridgehead atoms. The first kappa shape index (κ1) is 12.1. The highest BCUT2D eigenvalue weighted by molar-refractivity contribution is 5.78. The summed E-state index contributed by atoms with van der Waals surface area (Å²) in [5.74, 6) is 0.292. The quantitative estimate of drug-likeness (QED) is 0.869. The van der Waals surface area contributed by atoms with Crippen LogP contribution in [0.3, 0.4) is 0 Å². The van der Waals surface area contributed by atoms with Gasteiger partial charge in [-0.15, -0.1) is 0 Å². The molecule has 0 radical (unpaired) electrons. The minimum absolute atomic E-state index is 0.225. The van der Waals surface area contributed by atoms with E-state index >= 15 is 0 Å². The monoisotopic (exact) mass is 274 g/mol. The molecule has 2 aliphatic rings. The Morgan fingerprint density at radius 2 is 2.05 bits per heavy atom. The Labute approximate surface area is 117 Å². The van der Waals surface area contributed by atoms with Crippen LogP contribution in [-0.2, 0) is 0 Å². The van der Waals surface area contributed by atoms with Crippen LogP contribution in [-0.4, -0.2) is 33.6 Å². The van der Waals surface area contributed by atoms with Gasteiger partial charge in [0.25, 0.3) is 0 Å². The lowest BCUT2D eigenvalue weighted by atomic mass is 9.99. The summed E-state index contributed by atoms with van der Waals surface area (Å²) in [4.78, 5) is 6.95. The van der Waals surface area contributed by atoms with E-state index in [1.54, 1.807) is 12.1 Å². The summed E-state index contributed by atoms with van der Waals surface area (Å²) in [5, 5.41) is 0. The van der Waals surface area contributed by atoms with Crippen molar-refractivity contribution in [2.24, 2.45) is 0 Å². The summed E-state index contributed by atoms with van der Waals surface area (Å²) in [7, 11) is 0. The minimum Gasteiger partial charge on any atom is -0.369 e. The second-order valence-corrected chi connectivity index (χ2v) is 5.93. The van der Waals surface area contributed by atoms with Gasteiger partial charge in [-0.25, -0.2) is 9.37 Å². The van der Waals surface area contributed by atoms with Gasteiger partial charge in [-0.3, -0.25) is 4.90 Å². The van der Waals surface area contributed by atoms with E-state index < -0.39 is 0 Å². The summed E-state index contributed by atoms with van der Waals surface area (Å²) in [5.41, 5.74) is 7.74. The number of fused-ring (bicyclic) bond motifs is 2. The molecule has 4 nitrogen and oxygen atoms in total. The van der Waals surface area contributed by atoms with Gasteiger partial charge in [-0.1, -0.05) is 6.42 Å². The molecule has 2 aliphatic heterocycles. The van der Waals surface area contributed by atoms with Crippen LogP contribution in [0.5, 0.6) is 0 Å². The van der Waals surface area contributed by atoms with Gasteiger partial charge in [-0.2, -0.15) is 0 Å². The standard InChI is InChI=1S/C15H19FN4/c16-10-4-5-11-14(9-10)20(15(17)18-11)13-6-8-19-7-2-1-3-12(13)19/h4-5,9,12-13H,1-3,6-8H2,(H2,17,18). The van der Waals surface area contributed by atoms with Crippen molar-refractivity contribution >= 4 is 17.0 Å². The number of nitrogens with zero attached hydrogens (tertiary/aromatic N) is 3. The second-order valence-electron chi connectivity index (χ2n) is 5.93. The number of imidazole rings is 1. The predicted molar refractivity (Wildman–Crippen MR) is 77.0 cm³/mol. The van der Waals surface area contributed by atoms with Crippen LogP contribution in [0, 0.1) is 5.82 Å². The molecule has 1 aromatic carbocycles. The summed E-state index contributed by atoms with van der Waals surface area (Å²) in [6, 6.07) is 5.59. The van der Waals surface area contributed by atoms with Crippen molar-refractivity contribution in [1.29, 1.82) is 0 Å². The van der Waals surface area contributed by atoms with Gasteiger partial charge in [-0.05, 0) is 44.0 Å². The number of piperidine rings is 1. The lowest BCUT2D eigenvalue weighted by Gasteiger charge is -2.33. The number of rotatable bonds is 1. The van der Waals surface area contributed by atoms with Crippen molar-refractivity contribution in [1.82, 2.24) is 14.5 Å². The van der Waals surface area contributed by atoms with Gasteiger partial charge >= 0.3 is 0 Å². The molecule has 0 amide bonds. The fourth-order valence-corrected chi connectivity index (χ4v) is 3.96. The first-order valence-electron chi connectivity index (χ1n) is 7.41. The molecule has 20 heavy (non-hydrogen) atoms. The normalized spacial score (nSPS) is 27.1. The molecule has 2 N–H and O–H groups in total. The average molecular weight is 274 g/mol. The van der Waals surface area contributed by atoms with E-state index in [0.717, 1.165) is 24.0 Å². The third-order valence-electron chi connectivity index (χ3n) is 4.83. The molecule has 106 valence electrons. The summed E-state index contributed by atoms with van der Waals surface area (Å²) >= 11 is 0. The van der Waals surface area contributed by atoms with Crippen molar-refractivity contribution in [3.8, 4) is 0 Å². The zero-order valence-corrected chi connectivity index (χ0v) is 11.4. The van der Waals surface area contributed by atoms with Crippen LogP contribution in [0.25, 0.3) is 11.0 Å². The molecule has 2 unspecified atom stereocenters. The number of hydrogen-bond donors (Lipinski definition) is 1. The smallest absolute Gasteiger partial charge is 0.201 e. The van der Waals surface area contributed by atoms with E-state index in [1.165, 1.54) is 31.9 Å². The molecule has 0 aliphatic carbocycles. The van der Waals surface area contributed by atoms with E-state index in [0.29, 0.717) is 18.0 Å². The largest absolute Gasteiger partial charge is 0.369 e. The molecule has 5 heteroatoms. The topological polar surface area (TPSA) is 47.1 Å². The second kappa shape index (κ2) is 4.45. The highest BCUT2D eigenvalue weighted by atomic mass is 19.1. The first-order valence-corrected chi connectivity index (χ1v) is 7.41. The van der Waals surface area contributed by atoms with Crippen molar-refractivity contribution in [2.45, 2.75) is 37.8 Å². The summed E-state index contributed by atoms with van der Waals surface area (Å²) in [6.45, 7) is 2.30. The minimum atomic E-state index is -0.225. The maximum absolute atomic E-state index is 13.6. The van der Waals surface area contributed by atoms with E-state index in [2.05, 4.69) is 14.5 Å². The van der Waals surface area contributed by atoms with Gasteiger partial charge < -0.3 is 10.3 Å². The van der Waals surface area contributed by atoms with E-state index in [-0.39, 0.29) is 5.82 Å². The molecule has 0 spiro atoms. The molecule has 3 heterocycles. The molecule has 0 saturated carbocycles. The van der Waals surface area contributed by atoms with Gasteiger partial charge in [0.2, 0.25) is 5.95 Å². The lowest BCUT2D eigenvalue weighted by Crippen LogP contribution is -2.37. The Kier molecular flexibility index (Phi) is 2.70. The molecule has 2 fully saturated rings. The molecule has 1 aromatic heterocycles. The number of anilines is 1. The van der Waals surface area contributed by atoms with E-state index in [4.69, 9.17) is 5.73 Å². The molecule has 4 rings (SSSR count). The van der Waals surface area contributed by atoms with Crippen molar-refractivity contribution in [3.05, 3.63) is 24.0 Å². The Balaban J connectivity index is 1.81. The zero-order chi connectivity index (χ0) is 13.7. The zero-order valence-electron chi connectivity index (χ0n) is 11.4. The Hall–Kier alpha value is -1.62. The maximum atomic E-state index is 13.6. The molecular formula is C15H19FN4. The fourth-order valence-electron chi connectivity index (χ4n) is 3.96. The third-order valence-corrected chi connectivity index (χ3v) is 4.83. The molecule has 2 atom stereocenters. The number of nitrogen functional groups attached to an aromatic ring is 1. The van der Waals surface area contributed by atoms with E-state index in [9.17, 15) is 4.39 Å². The van der Waals surface area contributed by atoms with Gasteiger partial charge in [0, 0.05) is 12.6 Å². The van der Waals surface area contributed by atoms with Crippen LogP contribution in [0.4, 0.5) is 10.3 Å². The number of aromatic nitrogens is 2. The van der Waals surface area contributed by atoms with Gasteiger partial charge in [0.1, 0.15) is 5.82 Å². The van der Waals surface area contributed by atoms with Crippen LogP contribution in [0.1, 0.15) is 31.7 Å². The molecule has 2 aromatic rings. The number of hydrogen-bond acceptors (Lipinski definition) is 3.